The second-order valence-corrected chi connectivity index (χ2v) is 5.27. The predicted molar refractivity (Wildman–Crippen MR) is 72.0 cm³/mol. The van der Waals surface area contributed by atoms with E-state index < -0.39 is 5.97 Å². The number of alkyl halides is 1. The number of carboxylic acid groups (broad SMARTS) is 1. The molecule has 0 atom stereocenters. The first-order valence-corrected chi connectivity index (χ1v) is 7.00. The van der Waals surface area contributed by atoms with Gasteiger partial charge in [-0.1, -0.05) is 46.3 Å². The molecule has 0 aliphatic heterocycles. The summed E-state index contributed by atoms with van der Waals surface area (Å²) in [5.41, 5.74) is 1.06. The standard InChI is InChI=1S/C12H10BrNO2S/c13-7-6-9-14-10(12(15)16)11(17-9)8-4-2-1-3-5-8/h1-5H,6-7H2,(H,15,16). The molecule has 2 aromatic rings. The van der Waals surface area contributed by atoms with Crippen LogP contribution in [0.15, 0.2) is 30.3 Å². The number of hydrogen-bond acceptors (Lipinski definition) is 3. The van der Waals surface area contributed by atoms with E-state index in [1.165, 1.54) is 11.3 Å². The topological polar surface area (TPSA) is 50.2 Å². The number of carboxylic acids is 1. The van der Waals surface area contributed by atoms with Crippen molar-refractivity contribution in [3.8, 4) is 10.4 Å². The molecule has 0 saturated carbocycles. The maximum atomic E-state index is 11.1. The summed E-state index contributed by atoms with van der Waals surface area (Å²) in [6, 6.07) is 9.50. The van der Waals surface area contributed by atoms with Gasteiger partial charge in [0.25, 0.3) is 0 Å². The molecule has 1 heterocycles. The fourth-order valence-electron chi connectivity index (χ4n) is 1.48. The lowest BCUT2D eigenvalue weighted by molar-refractivity contribution is 0.0692. The van der Waals surface area contributed by atoms with Gasteiger partial charge >= 0.3 is 5.97 Å². The average Bonchev–Trinajstić information content (AvgIpc) is 2.75. The van der Waals surface area contributed by atoms with E-state index in [0.29, 0.717) is 0 Å². The first kappa shape index (κ1) is 12.3. The number of aryl methyl sites for hydroxylation is 1. The first-order chi connectivity index (χ1) is 8.22. The van der Waals surface area contributed by atoms with Crippen LogP contribution in [-0.4, -0.2) is 21.4 Å². The van der Waals surface area contributed by atoms with E-state index in [-0.39, 0.29) is 5.69 Å². The summed E-state index contributed by atoms with van der Waals surface area (Å²) >= 11 is 4.78. The molecule has 0 unspecified atom stereocenters. The molecular weight excluding hydrogens is 302 g/mol. The van der Waals surface area contributed by atoms with Gasteiger partial charge in [0, 0.05) is 11.8 Å². The third-order valence-corrected chi connectivity index (χ3v) is 3.78. The maximum absolute atomic E-state index is 11.1. The van der Waals surface area contributed by atoms with Crippen LogP contribution in [0.2, 0.25) is 0 Å². The molecule has 1 N–H and O–H groups in total. The number of halogens is 1. The molecule has 88 valence electrons. The molecule has 0 saturated heterocycles. The quantitative estimate of drug-likeness (QED) is 0.880. The zero-order valence-corrected chi connectivity index (χ0v) is 11.3. The van der Waals surface area contributed by atoms with Gasteiger partial charge in [-0.15, -0.1) is 11.3 Å². The Morgan fingerprint density at radius 1 is 1.35 bits per heavy atom. The first-order valence-electron chi connectivity index (χ1n) is 5.06. The summed E-state index contributed by atoms with van der Waals surface area (Å²) < 4.78 is 0. The highest BCUT2D eigenvalue weighted by Crippen LogP contribution is 2.30. The number of thiazole rings is 1. The highest BCUT2D eigenvalue weighted by atomic mass is 79.9. The van der Waals surface area contributed by atoms with Crippen molar-refractivity contribution < 1.29 is 9.90 Å². The summed E-state index contributed by atoms with van der Waals surface area (Å²) in [4.78, 5) is 16.0. The largest absolute Gasteiger partial charge is 0.476 e. The number of benzene rings is 1. The molecule has 0 amide bonds. The molecule has 0 aliphatic carbocycles. The lowest BCUT2D eigenvalue weighted by Gasteiger charge is -1.97. The van der Waals surface area contributed by atoms with Crippen molar-refractivity contribution in [1.29, 1.82) is 0 Å². The molecule has 0 spiro atoms. The zero-order valence-electron chi connectivity index (χ0n) is 8.89. The van der Waals surface area contributed by atoms with Gasteiger partial charge in [0.2, 0.25) is 0 Å². The molecule has 3 nitrogen and oxygen atoms in total. The van der Waals surface area contributed by atoms with Crippen LogP contribution >= 0.6 is 27.3 Å². The fourth-order valence-corrected chi connectivity index (χ4v) is 3.18. The molecule has 0 fully saturated rings. The zero-order chi connectivity index (χ0) is 12.3. The summed E-state index contributed by atoms with van der Waals surface area (Å²) in [6.07, 6.45) is 0.748. The van der Waals surface area contributed by atoms with E-state index in [2.05, 4.69) is 20.9 Å². The molecule has 2 rings (SSSR count). The Balaban J connectivity index is 2.48. The average molecular weight is 312 g/mol. The summed E-state index contributed by atoms with van der Waals surface area (Å²) in [7, 11) is 0. The van der Waals surface area contributed by atoms with Crippen LogP contribution < -0.4 is 0 Å². The van der Waals surface area contributed by atoms with Crippen LogP contribution in [0.25, 0.3) is 10.4 Å². The highest BCUT2D eigenvalue weighted by molar-refractivity contribution is 9.09. The Morgan fingerprint density at radius 2 is 2.06 bits per heavy atom. The van der Waals surface area contributed by atoms with Crippen LogP contribution in [-0.2, 0) is 6.42 Å². The van der Waals surface area contributed by atoms with Gasteiger partial charge in [-0.3, -0.25) is 0 Å². The van der Waals surface area contributed by atoms with Crippen LogP contribution in [0.4, 0.5) is 0 Å². The third-order valence-electron chi connectivity index (χ3n) is 2.22. The van der Waals surface area contributed by atoms with Crippen molar-refractivity contribution in [3.63, 3.8) is 0 Å². The van der Waals surface area contributed by atoms with E-state index >= 15 is 0 Å². The number of aromatic carboxylic acids is 1. The van der Waals surface area contributed by atoms with E-state index in [1.54, 1.807) is 0 Å². The fraction of sp³-hybridized carbons (Fsp3) is 0.167. The number of carbonyl (C=O) groups is 1. The van der Waals surface area contributed by atoms with Gasteiger partial charge in [0.15, 0.2) is 5.69 Å². The van der Waals surface area contributed by atoms with Crippen molar-refractivity contribution >= 4 is 33.2 Å². The monoisotopic (exact) mass is 311 g/mol. The van der Waals surface area contributed by atoms with Crippen LogP contribution in [0, 0.1) is 0 Å². The molecule has 0 radical (unpaired) electrons. The Kier molecular flexibility index (Phi) is 3.91. The van der Waals surface area contributed by atoms with Crippen LogP contribution in [0.3, 0.4) is 0 Å². The predicted octanol–water partition coefficient (Wildman–Crippen LogP) is 3.45. The Bertz CT molecular complexity index is 525. The molecule has 5 heteroatoms. The highest BCUT2D eigenvalue weighted by Gasteiger charge is 2.18. The molecular formula is C12H10BrNO2S. The van der Waals surface area contributed by atoms with Crippen molar-refractivity contribution in [2.75, 3.05) is 5.33 Å². The van der Waals surface area contributed by atoms with Crippen molar-refractivity contribution in [1.82, 2.24) is 4.98 Å². The van der Waals surface area contributed by atoms with Crippen LogP contribution in [0.5, 0.6) is 0 Å². The Hall–Kier alpha value is -1.20. The second-order valence-electron chi connectivity index (χ2n) is 3.40. The Labute approximate surface area is 111 Å². The number of rotatable bonds is 4. The lowest BCUT2D eigenvalue weighted by Crippen LogP contribution is -1.99. The van der Waals surface area contributed by atoms with E-state index in [4.69, 9.17) is 5.11 Å². The summed E-state index contributed by atoms with van der Waals surface area (Å²) in [5, 5.41) is 10.8. The SMILES string of the molecule is O=C(O)c1nc(CCBr)sc1-c1ccccc1. The minimum Gasteiger partial charge on any atom is -0.476 e. The molecule has 17 heavy (non-hydrogen) atoms. The maximum Gasteiger partial charge on any atom is 0.356 e. The van der Waals surface area contributed by atoms with Gasteiger partial charge in [-0.2, -0.15) is 0 Å². The molecule has 0 aliphatic rings. The van der Waals surface area contributed by atoms with Crippen molar-refractivity contribution in [2.24, 2.45) is 0 Å². The normalized spacial score (nSPS) is 10.4. The van der Waals surface area contributed by atoms with Crippen LogP contribution in [0.1, 0.15) is 15.5 Å². The lowest BCUT2D eigenvalue weighted by atomic mass is 10.1. The number of aromatic nitrogens is 1. The molecule has 0 bridgehead atoms. The van der Waals surface area contributed by atoms with Gasteiger partial charge in [-0.05, 0) is 5.56 Å². The molecule has 1 aromatic heterocycles. The van der Waals surface area contributed by atoms with Gasteiger partial charge < -0.3 is 5.11 Å². The van der Waals surface area contributed by atoms with E-state index in [9.17, 15) is 4.79 Å². The molecule has 1 aromatic carbocycles. The van der Waals surface area contributed by atoms with Gasteiger partial charge in [0.1, 0.15) is 0 Å². The summed E-state index contributed by atoms with van der Waals surface area (Å²) in [5.74, 6) is -0.971. The number of hydrogen-bond donors (Lipinski definition) is 1. The second kappa shape index (κ2) is 5.42. The minimum absolute atomic E-state index is 0.150. The van der Waals surface area contributed by atoms with E-state index in [0.717, 1.165) is 27.2 Å². The van der Waals surface area contributed by atoms with Gasteiger partial charge in [0.05, 0.1) is 9.88 Å². The van der Waals surface area contributed by atoms with Crippen molar-refractivity contribution in [2.45, 2.75) is 6.42 Å². The Morgan fingerprint density at radius 3 is 2.65 bits per heavy atom. The van der Waals surface area contributed by atoms with E-state index in [1.807, 2.05) is 30.3 Å². The third kappa shape index (κ3) is 2.73. The smallest absolute Gasteiger partial charge is 0.356 e. The van der Waals surface area contributed by atoms with Crippen molar-refractivity contribution in [3.05, 3.63) is 41.0 Å². The van der Waals surface area contributed by atoms with Gasteiger partial charge in [-0.25, -0.2) is 9.78 Å². The number of nitrogens with zero attached hydrogens (tertiary/aromatic N) is 1. The minimum atomic E-state index is -0.971. The summed E-state index contributed by atoms with van der Waals surface area (Å²) in [6.45, 7) is 0.